The molecule has 2 aliphatic carbocycles. The molecule has 4 atom stereocenters. The molecule has 38 heavy (non-hydrogen) atoms. The predicted octanol–water partition coefficient (Wildman–Crippen LogP) is 6.29. The molecule has 1 spiro atoms. The number of fused-ring (bicyclic) bond motifs is 2. The zero-order valence-corrected chi connectivity index (χ0v) is 23.1. The minimum atomic E-state index is -0.406. The van der Waals surface area contributed by atoms with Crippen molar-refractivity contribution in [3.63, 3.8) is 0 Å². The van der Waals surface area contributed by atoms with Crippen LogP contribution in [0.2, 0.25) is 0 Å². The molecule has 6 rings (SSSR count). The van der Waals surface area contributed by atoms with E-state index in [1.807, 2.05) is 6.92 Å². The van der Waals surface area contributed by atoms with Gasteiger partial charge in [0, 0.05) is 36.7 Å². The Morgan fingerprint density at radius 2 is 1.89 bits per heavy atom. The van der Waals surface area contributed by atoms with E-state index in [-0.39, 0.29) is 17.6 Å². The summed E-state index contributed by atoms with van der Waals surface area (Å²) in [6, 6.07) is 12.8. The van der Waals surface area contributed by atoms with Gasteiger partial charge in [-0.25, -0.2) is 4.39 Å². The molecule has 4 nitrogen and oxygen atoms in total. The Morgan fingerprint density at radius 3 is 2.66 bits per heavy atom. The second-order valence-electron chi connectivity index (χ2n) is 12.4. The fraction of sp³-hybridized carbons (Fsp3) is 0.606. The van der Waals surface area contributed by atoms with Gasteiger partial charge >= 0.3 is 0 Å². The number of nitrogens with zero attached hydrogens (tertiary/aromatic N) is 1. The maximum atomic E-state index is 15.3. The van der Waals surface area contributed by atoms with Crippen molar-refractivity contribution in [2.45, 2.75) is 88.5 Å². The smallest absolute Gasteiger partial charge is 0.228 e. The fourth-order valence-corrected chi connectivity index (χ4v) is 8.61. The topological polar surface area (TPSA) is 41.6 Å². The number of hydrogen-bond donors (Lipinski definition) is 1. The highest BCUT2D eigenvalue weighted by molar-refractivity contribution is 5.83. The number of hydrogen-bond acceptors (Lipinski definition) is 3. The molecule has 2 saturated heterocycles. The number of ether oxygens (including phenoxy) is 1. The third kappa shape index (κ3) is 4.35. The standard InChI is InChI=1S/C33H43FN2O2/c1-22-18-28(34)26-14-9-16-33(30(26)31(22)38-2)21-35-20-27(33)32(37)36-17-15-25(23-10-5-3-6-11-23)19-29(36)24-12-7-4-8-13-24/h3,5-6,10-11,18,24-25,27,29,35H,4,7-9,12-17,19-21H2,1-2H3. The van der Waals surface area contributed by atoms with E-state index >= 15 is 4.39 Å². The van der Waals surface area contributed by atoms with Crippen LogP contribution in [0, 0.1) is 24.6 Å². The molecule has 0 aromatic heterocycles. The number of carbonyl (C=O) groups excluding carboxylic acids is 1. The van der Waals surface area contributed by atoms with E-state index in [4.69, 9.17) is 4.74 Å². The number of carbonyl (C=O) groups is 1. The molecule has 4 unspecified atom stereocenters. The van der Waals surface area contributed by atoms with Crippen LogP contribution >= 0.6 is 0 Å². The Bertz CT molecular complexity index is 1140. The van der Waals surface area contributed by atoms with Gasteiger partial charge < -0.3 is 15.0 Å². The molecule has 1 saturated carbocycles. The van der Waals surface area contributed by atoms with E-state index in [2.05, 4.69) is 40.5 Å². The first kappa shape index (κ1) is 25.9. The van der Waals surface area contributed by atoms with Crippen molar-refractivity contribution >= 4 is 5.91 Å². The number of halogens is 1. The quantitative estimate of drug-likeness (QED) is 0.517. The summed E-state index contributed by atoms with van der Waals surface area (Å²) in [5.74, 6) is 1.84. The first-order valence-electron chi connectivity index (χ1n) is 15.0. The number of benzene rings is 2. The Kier molecular flexibility index (Phi) is 7.24. The Labute approximate surface area is 227 Å². The second kappa shape index (κ2) is 10.6. The average Bonchev–Trinajstić information content (AvgIpc) is 3.37. The van der Waals surface area contributed by atoms with Crippen LogP contribution in [0.15, 0.2) is 36.4 Å². The number of rotatable bonds is 4. The van der Waals surface area contributed by atoms with Crippen LogP contribution in [0.4, 0.5) is 4.39 Å². The molecule has 4 aliphatic rings. The molecule has 1 N–H and O–H groups in total. The van der Waals surface area contributed by atoms with Gasteiger partial charge in [0.1, 0.15) is 11.6 Å². The lowest BCUT2D eigenvalue weighted by atomic mass is 9.63. The van der Waals surface area contributed by atoms with Crippen LogP contribution in [0.25, 0.3) is 0 Å². The summed E-state index contributed by atoms with van der Waals surface area (Å²) in [5, 5.41) is 3.59. The normalized spacial score (nSPS) is 29.9. The lowest BCUT2D eigenvalue weighted by Gasteiger charge is -2.48. The van der Waals surface area contributed by atoms with Crippen LogP contribution in [0.1, 0.15) is 86.0 Å². The van der Waals surface area contributed by atoms with Crippen LogP contribution in [-0.2, 0) is 16.6 Å². The molecule has 2 aliphatic heterocycles. The summed E-state index contributed by atoms with van der Waals surface area (Å²) >= 11 is 0. The van der Waals surface area contributed by atoms with Crippen molar-refractivity contribution < 1.29 is 13.9 Å². The summed E-state index contributed by atoms with van der Waals surface area (Å²) < 4.78 is 21.2. The molecular weight excluding hydrogens is 475 g/mol. The van der Waals surface area contributed by atoms with E-state index in [1.165, 1.54) is 37.7 Å². The minimum absolute atomic E-state index is 0.140. The van der Waals surface area contributed by atoms with Crippen molar-refractivity contribution in [3.8, 4) is 5.75 Å². The fourth-order valence-electron chi connectivity index (χ4n) is 8.61. The zero-order chi connectivity index (χ0) is 26.3. The first-order valence-corrected chi connectivity index (χ1v) is 15.0. The van der Waals surface area contributed by atoms with Crippen molar-refractivity contribution in [1.82, 2.24) is 10.2 Å². The lowest BCUT2D eigenvalue weighted by Crippen LogP contribution is -2.55. The third-order valence-corrected chi connectivity index (χ3v) is 10.4. The number of aryl methyl sites for hydroxylation is 1. The van der Waals surface area contributed by atoms with E-state index in [9.17, 15) is 4.79 Å². The molecular formula is C33H43FN2O2. The summed E-state index contributed by atoms with van der Waals surface area (Å²) in [6.07, 6.45) is 10.9. The zero-order valence-electron chi connectivity index (χ0n) is 23.1. The Balaban J connectivity index is 1.35. The Hall–Kier alpha value is -2.40. The van der Waals surface area contributed by atoms with Crippen LogP contribution in [0.5, 0.6) is 5.75 Å². The highest BCUT2D eigenvalue weighted by Crippen LogP contribution is 2.52. The Morgan fingerprint density at radius 1 is 1.11 bits per heavy atom. The number of piperidine rings is 1. The summed E-state index contributed by atoms with van der Waals surface area (Å²) in [4.78, 5) is 17.0. The third-order valence-electron chi connectivity index (χ3n) is 10.4. The molecule has 2 aromatic carbocycles. The predicted molar refractivity (Wildman–Crippen MR) is 149 cm³/mol. The molecule has 2 aromatic rings. The maximum absolute atomic E-state index is 15.3. The van der Waals surface area contributed by atoms with Gasteiger partial charge in [-0.1, -0.05) is 49.6 Å². The monoisotopic (exact) mass is 518 g/mol. The van der Waals surface area contributed by atoms with Gasteiger partial charge in [0.25, 0.3) is 0 Å². The SMILES string of the molecule is COc1c(C)cc(F)c2c1C1(CCC2)CNCC1C(=O)N1CCC(c2ccccc2)CC1C1CCCCC1. The molecule has 3 fully saturated rings. The van der Waals surface area contributed by atoms with Crippen molar-refractivity contribution in [3.05, 3.63) is 64.5 Å². The van der Waals surface area contributed by atoms with Gasteiger partial charge in [-0.2, -0.15) is 0 Å². The van der Waals surface area contributed by atoms with Gasteiger partial charge in [0.05, 0.1) is 13.0 Å². The van der Waals surface area contributed by atoms with E-state index in [0.717, 1.165) is 54.7 Å². The van der Waals surface area contributed by atoms with Crippen molar-refractivity contribution in [1.29, 1.82) is 0 Å². The highest BCUT2D eigenvalue weighted by atomic mass is 19.1. The minimum Gasteiger partial charge on any atom is -0.496 e. The summed E-state index contributed by atoms with van der Waals surface area (Å²) in [5.41, 5.74) is 3.58. The molecule has 0 bridgehead atoms. The van der Waals surface area contributed by atoms with Gasteiger partial charge in [-0.15, -0.1) is 0 Å². The number of methoxy groups -OCH3 is 1. The largest absolute Gasteiger partial charge is 0.496 e. The second-order valence-corrected chi connectivity index (χ2v) is 12.4. The number of likely N-dealkylation sites (tertiary alicyclic amines) is 1. The van der Waals surface area contributed by atoms with Crippen molar-refractivity contribution in [2.24, 2.45) is 11.8 Å². The molecule has 2 heterocycles. The maximum Gasteiger partial charge on any atom is 0.228 e. The highest BCUT2D eigenvalue weighted by Gasteiger charge is 2.54. The average molecular weight is 519 g/mol. The molecule has 1 amide bonds. The molecule has 204 valence electrons. The van der Waals surface area contributed by atoms with Crippen LogP contribution in [-0.4, -0.2) is 43.6 Å². The summed E-state index contributed by atoms with van der Waals surface area (Å²) in [6.45, 7) is 4.12. The van der Waals surface area contributed by atoms with Gasteiger partial charge in [0.15, 0.2) is 0 Å². The molecule has 5 heteroatoms. The number of amides is 1. The van der Waals surface area contributed by atoms with E-state index in [1.54, 1.807) is 13.2 Å². The lowest BCUT2D eigenvalue weighted by molar-refractivity contribution is -0.143. The van der Waals surface area contributed by atoms with Gasteiger partial charge in [-0.05, 0) is 86.5 Å². The summed E-state index contributed by atoms with van der Waals surface area (Å²) in [7, 11) is 1.69. The van der Waals surface area contributed by atoms with E-state index < -0.39 is 5.41 Å². The van der Waals surface area contributed by atoms with Crippen LogP contribution < -0.4 is 10.1 Å². The van der Waals surface area contributed by atoms with Crippen molar-refractivity contribution in [2.75, 3.05) is 26.7 Å². The molecule has 0 radical (unpaired) electrons. The first-order chi connectivity index (χ1) is 18.5. The number of nitrogens with one attached hydrogen (secondary N) is 1. The van der Waals surface area contributed by atoms with Crippen LogP contribution in [0.3, 0.4) is 0 Å². The van der Waals surface area contributed by atoms with Gasteiger partial charge in [0.2, 0.25) is 5.91 Å². The van der Waals surface area contributed by atoms with Gasteiger partial charge in [-0.3, -0.25) is 4.79 Å². The van der Waals surface area contributed by atoms with E-state index in [0.29, 0.717) is 37.4 Å².